The lowest BCUT2D eigenvalue weighted by atomic mass is 10.1. The van der Waals surface area contributed by atoms with Gasteiger partial charge in [-0.2, -0.15) is 0 Å². The zero-order chi connectivity index (χ0) is 12.6. The van der Waals surface area contributed by atoms with Gasteiger partial charge >= 0.3 is 0 Å². The molecule has 1 aromatic rings. The molecule has 4 heteroatoms. The van der Waals surface area contributed by atoms with Crippen LogP contribution in [0.1, 0.15) is 30.6 Å². The summed E-state index contributed by atoms with van der Waals surface area (Å²) in [7, 11) is 0. The molecular weight excluding hydrogens is 285 g/mol. The number of halogens is 2. The highest BCUT2D eigenvalue weighted by molar-refractivity contribution is 9.10. The van der Waals surface area contributed by atoms with Gasteiger partial charge in [0.25, 0.3) is 5.91 Å². The molecule has 1 aliphatic rings. The molecular formula is C13H15BrFNO. The lowest BCUT2D eigenvalue weighted by molar-refractivity contribution is 0.0950. The van der Waals surface area contributed by atoms with Crippen molar-refractivity contribution in [2.75, 3.05) is 6.54 Å². The maximum atomic E-state index is 13.0. The van der Waals surface area contributed by atoms with E-state index in [2.05, 4.69) is 35.1 Å². The standard InChI is InChI=1S/C13H15BrFNO/c1-13(2)6-9(13)7-16-12(17)8-3-4-11(15)10(14)5-8/h3-5,9H,6-7H2,1-2H3,(H,16,17). The minimum Gasteiger partial charge on any atom is -0.352 e. The van der Waals surface area contributed by atoms with Gasteiger partial charge in [-0.3, -0.25) is 4.79 Å². The van der Waals surface area contributed by atoms with Crippen molar-refractivity contribution in [2.45, 2.75) is 20.3 Å². The van der Waals surface area contributed by atoms with Gasteiger partial charge in [0.15, 0.2) is 0 Å². The van der Waals surface area contributed by atoms with E-state index in [-0.39, 0.29) is 11.7 Å². The van der Waals surface area contributed by atoms with Gasteiger partial charge < -0.3 is 5.32 Å². The second-order valence-corrected chi connectivity index (χ2v) is 6.08. The average molecular weight is 300 g/mol. The summed E-state index contributed by atoms with van der Waals surface area (Å²) in [5, 5.41) is 2.88. The third-order valence-corrected chi connectivity index (χ3v) is 4.02. The van der Waals surface area contributed by atoms with Gasteiger partial charge in [0.05, 0.1) is 4.47 Å². The first kappa shape index (κ1) is 12.6. The average Bonchev–Trinajstić information content (AvgIpc) is 2.87. The molecule has 1 atom stereocenters. The summed E-state index contributed by atoms with van der Waals surface area (Å²) in [4.78, 5) is 11.8. The van der Waals surface area contributed by atoms with Crippen LogP contribution in [0.25, 0.3) is 0 Å². The van der Waals surface area contributed by atoms with Gasteiger partial charge in [-0.1, -0.05) is 13.8 Å². The monoisotopic (exact) mass is 299 g/mol. The molecule has 2 nitrogen and oxygen atoms in total. The van der Waals surface area contributed by atoms with E-state index in [1.807, 2.05) is 0 Å². The maximum absolute atomic E-state index is 13.0. The summed E-state index contributed by atoms with van der Waals surface area (Å²) >= 11 is 3.07. The lowest BCUT2D eigenvalue weighted by Crippen LogP contribution is -2.26. The normalized spacial score (nSPS) is 21.1. The summed E-state index contributed by atoms with van der Waals surface area (Å²) in [6.07, 6.45) is 1.15. The van der Waals surface area contributed by atoms with E-state index in [9.17, 15) is 9.18 Å². The van der Waals surface area contributed by atoms with Crippen LogP contribution in [0.2, 0.25) is 0 Å². The Kier molecular flexibility index (Phi) is 3.25. The Bertz CT molecular complexity index is 459. The van der Waals surface area contributed by atoms with Crippen LogP contribution in [0.4, 0.5) is 4.39 Å². The molecule has 0 radical (unpaired) electrons. The molecule has 1 aromatic carbocycles. The number of carbonyl (C=O) groups is 1. The van der Waals surface area contributed by atoms with Crippen molar-refractivity contribution in [1.82, 2.24) is 5.32 Å². The minimum atomic E-state index is -0.357. The van der Waals surface area contributed by atoms with Crippen LogP contribution in [-0.2, 0) is 0 Å². The zero-order valence-electron chi connectivity index (χ0n) is 9.89. The van der Waals surface area contributed by atoms with Gasteiger partial charge in [0, 0.05) is 12.1 Å². The second kappa shape index (κ2) is 4.41. The molecule has 0 aromatic heterocycles. The number of carbonyl (C=O) groups excluding carboxylic acids is 1. The largest absolute Gasteiger partial charge is 0.352 e. The fourth-order valence-electron chi connectivity index (χ4n) is 1.88. The number of hydrogen-bond donors (Lipinski definition) is 1. The fourth-order valence-corrected chi connectivity index (χ4v) is 2.26. The van der Waals surface area contributed by atoms with Crippen molar-refractivity contribution in [1.29, 1.82) is 0 Å². The van der Waals surface area contributed by atoms with Crippen LogP contribution in [0, 0.1) is 17.2 Å². The van der Waals surface area contributed by atoms with Crippen molar-refractivity contribution >= 4 is 21.8 Å². The van der Waals surface area contributed by atoms with Gasteiger partial charge in [0.2, 0.25) is 0 Å². The lowest BCUT2D eigenvalue weighted by Gasteiger charge is -2.07. The Hall–Kier alpha value is -0.900. The van der Waals surface area contributed by atoms with E-state index in [1.54, 1.807) is 0 Å². The van der Waals surface area contributed by atoms with Crippen LogP contribution in [0.3, 0.4) is 0 Å². The van der Waals surface area contributed by atoms with Crippen LogP contribution < -0.4 is 5.32 Å². The van der Waals surface area contributed by atoms with Crippen LogP contribution in [-0.4, -0.2) is 12.5 Å². The molecule has 92 valence electrons. The van der Waals surface area contributed by atoms with E-state index >= 15 is 0 Å². The number of hydrogen-bond acceptors (Lipinski definition) is 1. The van der Waals surface area contributed by atoms with Crippen molar-refractivity contribution < 1.29 is 9.18 Å². The molecule has 0 bridgehead atoms. The highest BCUT2D eigenvalue weighted by Gasteiger charge is 2.45. The van der Waals surface area contributed by atoms with Gasteiger partial charge in [0.1, 0.15) is 5.82 Å². The predicted molar refractivity (Wildman–Crippen MR) is 68.3 cm³/mol. The Morgan fingerprint density at radius 3 is 2.76 bits per heavy atom. The third-order valence-electron chi connectivity index (χ3n) is 3.41. The minimum absolute atomic E-state index is 0.145. The van der Waals surface area contributed by atoms with E-state index in [0.717, 1.165) is 6.42 Å². The molecule has 1 amide bonds. The molecule has 0 heterocycles. The molecule has 1 fully saturated rings. The molecule has 2 rings (SSSR count). The summed E-state index contributed by atoms with van der Waals surface area (Å²) in [6, 6.07) is 4.29. The highest BCUT2D eigenvalue weighted by Crippen LogP contribution is 2.50. The van der Waals surface area contributed by atoms with Crippen LogP contribution in [0.15, 0.2) is 22.7 Å². The van der Waals surface area contributed by atoms with Crippen LogP contribution in [0.5, 0.6) is 0 Å². The molecule has 0 spiro atoms. The van der Waals surface area contributed by atoms with Crippen molar-refractivity contribution in [3.8, 4) is 0 Å². The molecule has 0 aliphatic heterocycles. The molecule has 1 saturated carbocycles. The Morgan fingerprint density at radius 1 is 1.59 bits per heavy atom. The molecule has 0 saturated heterocycles. The first-order valence-corrected chi connectivity index (χ1v) is 6.43. The predicted octanol–water partition coefficient (Wildman–Crippen LogP) is 3.36. The summed E-state index contributed by atoms with van der Waals surface area (Å²) in [5.41, 5.74) is 0.841. The van der Waals surface area contributed by atoms with Crippen molar-refractivity contribution in [3.05, 3.63) is 34.1 Å². The first-order chi connectivity index (χ1) is 7.90. The fraction of sp³-hybridized carbons (Fsp3) is 0.462. The van der Waals surface area contributed by atoms with Crippen LogP contribution >= 0.6 is 15.9 Å². The van der Waals surface area contributed by atoms with E-state index < -0.39 is 0 Å². The number of amides is 1. The Balaban J connectivity index is 1.93. The zero-order valence-corrected chi connectivity index (χ0v) is 11.5. The first-order valence-electron chi connectivity index (χ1n) is 5.63. The van der Waals surface area contributed by atoms with Gasteiger partial charge in [-0.05, 0) is 51.9 Å². The maximum Gasteiger partial charge on any atom is 0.251 e. The second-order valence-electron chi connectivity index (χ2n) is 5.23. The van der Waals surface area contributed by atoms with E-state index in [0.29, 0.717) is 27.9 Å². The molecule has 1 N–H and O–H groups in total. The number of rotatable bonds is 3. The highest BCUT2D eigenvalue weighted by atomic mass is 79.9. The number of nitrogens with one attached hydrogen (secondary N) is 1. The molecule has 1 unspecified atom stereocenters. The summed E-state index contributed by atoms with van der Waals surface area (Å²) < 4.78 is 13.3. The summed E-state index contributed by atoms with van der Waals surface area (Å²) in [5.74, 6) is 0.0635. The number of benzene rings is 1. The summed E-state index contributed by atoms with van der Waals surface area (Å²) in [6.45, 7) is 5.08. The molecule has 1 aliphatic carbocycles. The SMILES string of the molecule is CC1(C)CC1CNC(=O)c1ccc(F)c(Br)c1. The van der Waals surface area contributed by atoms with Crippen molar-refractivity contribution in [3.63, 3.8) is 0 Å². The Labute approximate surface area is 109 Å². The van der Waals surface area contributed by atoms with E-state index in [1.165, 1.54) is 18.2 Å². The van der Waals surface area contributed by atoms with Crippen molar-refractivity contribution in [2.24, 2.45) is 11.3 Å². The van der Waals surface area contributed by atoms with E-state index in [4.69, 9.17) is 0 Å². The topological polar surface area (TPSA) is 29.1 Å². The molecule has 17 heavy (non-hydrogen) atoms. The van der Waals surface area contributed by atoms with Gasteiger partial charge in [-0.15, -0.1) is 0 Å². The quantitative estimate of drug-likeness (QED) is 0.911. The Morgan fingerprint density at radius 2 is 2.24 bits per heavy atom. The van der Waals surface area contributed by atoms with Gasteiger partial charge in [-0.25, -0.2) is 4.39 Å². The third kappa shape index (κ3) is 2.86. The smallest absolute Gasteiger partial charge is 0.251 e.